The number of primary amides is 1. The van der Waals surface area contributed by atoms with Crippen LogP contribution >= 0.6 is 15.9 Å². The minimum Gasteiger partial charge on any atom is -0.460 e. The molecule has 1 aromatic rings. The number of nitrogens with two attached hydrogens (primary N) is 1. The highest BCUT2D eigenvalue weighted by atomic mass is 79.9. The molecule has 2 rings (SSSR count). The van der Waals surface area contributed by atoms with E-state index in [-0.39, 0.29) is 18.7 Å². The summed E-state index contributed by atoms with van der Waals surface area (Å²) < 4.78 is 6.10. The number of halogens is 1. The van der Waals surface area contributed by atoms with Crippen LogP contribution in [0.3, 0.4) is 0 Å². The van der Waals surface area contributed by atoms with E-state index in [4.69, 9.17) is 10.5 Å². The molecule has 0 aromatic heterocycles. The van der Waals surface area contributed by atoms with Gasteiger partial charge in [-0.3, -0.25) is 14.4 Å². The van der Waals surface area contributed by atoms with Crippen LogP contribution in [0.4, 0.5) is 0 Å². The van der Waals surface area contributed by atoms with E-state index < -0.39 is 23.5 Å². The molecule has 1 aromatic carbocycles. The Hall–Kier alpha value is -1.89. The van der Waals surface area contributed by atoms with Crippen LogP contribution in [0.25, 0.3) is 0 Å². The fraction of sp³-hybridized carbons (Fsp3) is 0.471. The first kappa shape index (κ1) is 18.4. The van der Waals surface area contributed by atoms with E-state index in [1.807, 2.05) is 6.07 Å². The maximum absolute atomic E-state index is 12.5. The smallest absolute Gasteiger partial charge is 0.306 e. The van der Waals surface area contributed by atoms with Crippen molar-refractivity contribution in [2.45, 2.75) is 51.8 Å². The van der Waals surface area contributed by atoms with Crippen molar-refractivity contribution in [1.82, 2.24) is 4.90 Å². The highest BCUT2D eigenvalue weighted by Crippen LogP contribution is 2.28. The zero-order valence-corrected chi connectivity index (χ0v) is 15.6. The van der Waals surface area contributed by atoms with Crippen LogP contribution in [0.2, 0.25) is 0 Å². The second-order valence-corrected chi connectivity index (χ2v) is 7.69. The zero-order chi connectivity index (χ0) is 18.1. The Balaban J connectivity index is 2.08. The third-order valence-electron chi connectivity index (χ3n) is 3.65. The number of ether oxygens (including phenoxy) is 1. The quantitative estimate of drug-likeness (QED) is 0.773. The van der Waals surface area contributed by atoms with E-state index in [1.54, 1.807) is 32.9 Å². The first-order chi connectivity index (χ1) is 11.1. The normalized spacial score (nSPS) is 15.2. The topological polar surface area (TPSA) is 89.7 Å². The maximum atomic E-state index is 12.5. The second-order valence-electron chi connectivity index (χ2n) is 6.78. The summed E-state index contributed by atoms with van der Waals surface area (Å²) in [7, 11) is 0. The van der Waals surface area contributed by atoms with Gasteiger partial charge in [-0.1, -0.05) is 15.9 Å². The number of amides is 2. The molecule has 0 saturated heterocycles. The highest BCUT2D eigenvalue weighted by molar-refractivity contribution is 9.10. The Kier molecular flexibility index (Phi) is 5.32. The van der Waals surface area contributed by atoms with Crippen LogP contribution in [0, 0.1) is 0 Å². The van der Waals surface area contributed by atoms with Crippen LogP contribution in [0.15, 0.2) is 22.7 Å². The van der Waals surface area contributed by atoms with Gasteiger partial charge in [0, 0.05) is 23.0 Å². The second kappa shape index (κ2) is 6.93. The van der Waals surface area contributed by atoms with Gasteiger partial charge in [0.15, 0.2) is 0 Å². The summed E-state index contributed by atoms with van der Waals surface area (Å²) in [4.78, 5) is 37.6. The van der Waals surface area contributed by atoms with E-state index in [0.717, 1.165) is 10.0 Å². The number of fused-ring (bicyclic) bond motifs is 1. The van der Waals surface area contributed by atoms with Crippen molar-refractivity contribution in [3.8, 4) is 0 Å². The van der Waals surface area contributed by atoms with Crippen molar-refractivity contribution in [2.24, 2.45) is 5.73 Å². The lowest BCUT2D eigenvalue weighted by Crippen LogP contribution is -2.45. The van der Waals surface area contributed by atoms with E-state index in [1.165, 1.54) is 4.90 Å². The molecule has 130 valence electrons. The molecule has 1 aliphatic heterocycles. The molecule has 0 aliphatic carbocycles. The molecule has 2 N–H and O–H groups in total. The Morgan fingerprint density at radius 3 is 2.62 bits per heavy atom. The molecule has 1 unspecified atom stereocenters. The predicted octanol–water partition coefficient (Wildman–Crippen LogP) is 2.38. The van der Waals surface area contributed by atoms with E-state index >= 15 is 0 Å². The van der Waals surface area contributed by atoms with Gasteiger partial charge in [0.1, 0.15) is 11.6 Å². The van der Waals surface area contributed by atoms with Crippen molar-refractivity contribution < 1.29 is 19.1 Å². The summed E-state index contributed by atoms with van der Waals surface area (Å²) in [6, 6.07) is 4.50. The number of rotatable bonds is 5. The van der Waals surface area contributed by atoms with Gasteiger partial charge < -0.3 is 15.4 Å². The molecular formula is C17H21BrN2O4. The largest absolute Gasteiger partial charge is 0.460 e. The summed E-state index contributed by atoms with van der Waals surface area (Å²) in [5, 5.41) is 0. The number of nitrogens with zero attached hydrogens (tertiary/aromatic N) is 1. The predicted molar refractivity (Wildman–Crippen MR) is 92.1 cm³/mol. The molecule has 1 aliphatic rings. The molecule has 0 saturated carbocycles. The van der Waals surface area contributed by atoms with Gasteiger partial charge in [-0.15, -0.1) is 0 Å². The number of carbonyl (C=O) groups excluding carboxylic acids is 3. The van der Waals surface area contributed by atoms with Gasteiger partial charge in [-0.05, 0) is 51.0 Å². The molecule has 2 amide bonds. The highest BCUT2D eigenvalue weighted by Gasteiger charge is 2.35. The number of carbonyl (C=O) groups is 3. The SMILES string of the molecule is CC(C)(C)OC(=O)CCC(C(N)=O)N1Cc2cc(Br)ccc2C1=O. The van der Waals surface area contributed by atoms with Gasteiger partial charge in [-0.2, -0.15) is 0 Å². The van der Waals surface area contributed by atoms with Crippen LogP contribution in [-0.4, -0.2) is 34.3 Å². The minimum absolute atomic E-state index is 0.0225. The Morgan fingerprint density at radius 1 is 1.38 bits per heavy atom. The van der Waals surface area contributed by atoms with Gasteiger partial charge >= 0.3 is 5.97 Å². The lowest BCUT2D eigenvalue weighted by atomic mass is 10.1. The van der Waals surface area contributed by atoms with E-state index in [2.05, 4.69) is 15.9 Å². The Morgan fingerprint density at radius 2 is 2.04 bits per heavy atom. The Labute approximate surface area is 149 Å². The monoisotopic (exact) mass is 396 g/mol. The fourth-order valence-electron chi connectivity index (χ4n) is 2.66. The van der Waals surface area contributed by atoms with Crippen molar-refractivity contribution in [3.63, 3.8) is 0 Å². The average molecular weight is 397 g/mol. The molecule has 1 atom stereocenters. The van der Waals surface area contributed by atoms with Crippen molar-refractivity contribution in [2.75, 3.05) is 0 Å². The number of benzene rings is 1. The molecule has 7 heteroatoms. The van der Waals surface area contributed by atoms with Crippen LogP contribution < -0.4 is 5.73 Å². The number of esters is 1. The van der Waals surface area contributed by atoms with Gasteiger partial charge in [0.05, 0.1) is 0 Å². The molecule has 0 fully saturated rings. The summed E-state index contributed by atoms with van der Waals surface area (Å²) in [6.45, 7) is 5.62. The number of hydrogen-bond donors (Lipinski definition) is 1. The maximum Gasteiger partial charge on any atom is 0.306 e. The van der Waals surface area contributed by atoms with Gasteiger partial charge in [-0.25, -0.2) is 0 Å². The lowest BCUT2D eigenvalue weighted by molar-refractivity contribution is -0.155. The van der Waals surface area contributed by atoms with E-state index in [0.29, 0.717) is 12.1 Å². The summed E-state index contributed by atoms with van der Waals surface area (Å²) in [6.07, 6.45) is 0.167. The Bertz CT molecular complexity index is 682. The molecule has 0 spiro atoms. The van der Waals surface area contributed by atoms with Gasteiger partial charge in [0.25, 0.3) is 5.91 Å². The fourth-order valence-corrected chi connectivity index (χ4v) is 3.07. The standard InChI is InChI=1S/C17H21BrN2O4/c1-17(2,3)24-14(21)7-6-13(15(19)22)20-9-10-8-11(18)4-5-12(10)16(20)23/h4-5,8,13H,6-7,9H2,1-3H3,(H2,19,22). The minimum atomic E-state index is -0.837. The van der Waals surface area contributed by atoms with Crippen LogP contribution in [-0.2, 0) is 20.9 Å². The third kappa shape index (κ3) is 4.35. The summed E-state index contributed by atoms with van der Waals surface area (Å²) >= 11 is 3.37. The molecule has 24 heavy (non-hydrogen) atoms. The van der Waals surface area contributed by atoms with Crippen molar-refractivity contribution in [1.29, 1.82) is 0 Å². The molecule has 0 radical (unpaired) electrons. The zero-order valence-electron chi connectivity index (χ0n) is 14.0. The van der Waals surface area contributed by atoms with Crippen LogP contribution in [0.5, 0.6) is 0 Å². The first-order valence-electron chi connectivity index (χ1n) is 7.69. The van der Waals surface area contributed by atoms with Gasteiger partial charge in [0.2, 0.25) is 5.91 Å². The van der Waals surface area contributed by atoms with Crippen LogP contribution in [0.1, 0.15) is 49.5 Å². The molecule has 6 nitrogen and oxygen atoms in total. The number of hydrogen-bond acceptors (Lipinski definition) is 4. The molecular weight excluding hydrogens is 376 g/mol. The van der Waals surface area contributed by atoms with Crippen molar-refractivity contribution in [3.05, 3.63) is 33.8 Å². The van der Waals surface area contributed by atoms with Crippen molar-refractivity contribution >= 4 is 33.7 Å². The lowest BCUT2D eigenvalue weighted by Gasteiger charge is -2.25. The average Bonchev–Trinajstić information content (AvgIpc) is 2.73. The summed E-state index contributed by atoms with van der Waals surface area (Å²) in [5.41, 5.74) is 6.26. The first-order valence-corrected chi connectivity index (χ1v) is 8.48. The van der Waals surface area contributed by atoms with E-state index in [9.17, 15) is 14.4 Å². The summed E-state index contributed by atoms with van der Waals surface area (Å²) in [5.74, 6) is -1.29. The molecule has 1 heterocycles. The third-order valence-corrected chi connectivity index (χ3v) is 4.14. The molecule has 0 bridgehead atoms.